The van der Waals surface area contributed by atoms with Gasteiger partial charge in [-0.25, -0.2) is 0 Å². The minimum atomic E-state index is -0.337. The van der Waals surface area contributed by atoms with Crippen LogP contribution in [0.2, 0.25) is 0 Å². The molecule has 1 aliphatic rings. The van der Waals surface area contributed by atoms with Crippen LogP contribution < -0.4 is 5.32 Å². The normalized spacial score (nSPS) is 19.7. The van der Waals surface area contributed by atoms with Crippen LogP contribution >= 0.6 is 0 Å². The highest BCUT2D eigenvalue weighted by atomic mass is 16.5. The molecule has 110 valence electrons. The second-order valence-electron chi connectivity index (χ2n) is 6.29. The zero-order valence-corrected chi connectivity index (χ0v) is 12.9. The molecule has 0 aliphatic heterocycles. The molecule has 0 aromatic heterocycles. The molecule has 3 nitrogen and oxygen atoms in total. The minimum absolute atomic E-state index is 0.337. The van der Waals surface area contributed by atoms with Gasteiger partial charge in [-0.2, -0.15) is 5.26 Å². The van der Waals surface area contributed by atoms with Gasteiger partial charge < -0.3 is 4.74 Å². The Morgan fingerprint density at radius 2 is 2.16 bits per heavy atom. The Bertz CT molecular complexity index is 283. The maximum absolute atomic E-state index is 9.25. The number of unbranched alkanes of at least 4 members (excludes halogenated alkanes) is 1. The lowest BCUT2D eigenvalue weighted by molar-refractivity contribution is 0.0975. The fourth-order valence-electron chi connectivity index (χ4n) is 2.38. The first kappa shape index (κ1) is 16.5. The number of ether oxygens (including phenoxy) is 1. The fraction of sp³-hybridized carbons (Fsp3) is 0.938. The second kappa shape index (κ2) is 8.55. The average molecular weight is 266 g/mol. The lowest BCUT2D eigenvalue weighted by atomic mass is 9.96. The molecule has 1 aliphatic carbocycles. The van der Waals surface area contributed by atoms with E-state index in [1.807, 2.05) is 6.92 Å². The van der Waals surface area contributed by atoms with Crippen LogP contribution in [0.4, 0.5) is 0 Å². The lowest BCUT2D eigenvalue weighted by Gasteiger charge is -2.23. The van der Waals surface area contributed by atoms with Crippen molar-refractivity contribution in [1.29, 1.82) is 5.26 Å². The van der Waals surface area contributed by atoms with Gasteiger partial charge in [0.1, 0.15) is 5.54 Å². The van der Waals surface area contributed by atoms with E-state index < -0.39 is 0 Å². The fourth-order valence-corrected chi connectivity index (χ4v) is 2.38. The van der Waals surface area contributed by atoms with Crippen LogP contribution in [0.3, 0.4) is 0 Å². The average Bonchev–Trinajstić information content (AvgIpc) is 3.18. The summed E-state index contributed by atoms with van der Waals surface area (Å²) in [5.41, 5.74) is -0.337. The number of nitrogens with zero attached hydrogens (tertiary/aromatic N) is 1. The molecule has 0 heterocycles. The summed E-state index contributed by atoms with van der Waals surface area (Å²) in [6.45, 7) is 8.19. The van der Waals surface area contributed by atoms with Gasteiger partial charge in [0.15, 0.2) is 0 Å². The zero-order valence-electron chi connectivity index (χ0n) is 12.9. The molecule has 0 spiro atoms. The Balaban J connectivity index is 2.01. The van der Waals surface area contributed by atoms with Crippen LogP contribution in [0.25, 0.3) is 0 Å². The van der Waals surface area contributed by atoms with Crippen molar-refractivity contribution < 1.29 is 4.74 Å². The third-order valence-corrected chi connectivity index (χ3v) is 3.75. The van der Waals surface area contributed by atoms with E-state index in [-0.39, 0.29) is 5.54 Å². The molecule has 0 amide bonds. The summed E-state index contributed by atoms with van der Waals surface area (Å²) in [7, 11) is 0. The van der Waals surface area contributed by atoms with Gasteiger partial charge in [-0.15, -0.1) is 0 Å². The van der Waals surface area contributed by atoms with Crippen molar-refractivity contribution in [2.45, 2.75) is 77.3 Å². The Morgan fingerprint density at radius 3 is 2.74 bits per heavy atom. The molecule has 1 fully saturated rings. The molecule has 3 heteroatoms. The summed E-state index contributed by atoms with van der Waals surface area (Å²) in [4.78, 5) is 0. The van der Waals surface area contributed by atoms with Gasteiger partial charge in [-0.05, 0) is 51.4 Å². The molecule has 2 unspecified atom stereocenters. The van der Waals surface area contributed by atoms with Crippen LogP contribution in [0.5, 0.6) is 0 Å². The van der Waals surface area contributed by atoms with Crippen molar-refractivity contribution in [3.8, 4) is 6.07 Å². The molecule has 2 atom stereocenters. The molecule has 19 heavy (non-hydrogen) atoms. The molecular weight excluding hydrogens is 236 g/mol. The summed E-state index contributed by atoms with van der Waals surface area (Å²) < 4.78 is 5.69. The zero-order chi connectivity index (χ0) is 14.1. The molecule has 0 aromatic rings. The summed E-state index contributed by atoms with van der Waals surface area (Å²) in [6, 6.07) is 3.02. The van der Waals surface area contributed by atoms with Crippen LogP contribution in [0, 0.1) is 17.2 Å². The summed E-state index contributed by atoms with van der Waals surface area (Å²) in [6.07, 6.45) is 7.99. The smallest absolute Gasteiger partial charge is 0.104 e. The highest BCUT2D eigenvalue weighted by Gasteiger charge is 2.31. The molecule has 0 bridgehead atoms. The van der Waals surface area contributed by atoms with Gasteiger partial charge in [-0.3, -0.25) is 5.32 Å². The first-order valence-corrected chi connectivity index (χ1v) is 7.86. The molecule has 0 saturated heterocycles. The van der Waals surface area contributed by atoms with Gasteiger partial charge in [0.05, 0.1) is 6.07 Å². The van der Waals surface area contributed by atoms with Gasteiger partial charge in [0.2, 0.25) is 0 Å². The summed E-state index contributed by atoms with van der Waals surface area (Å²) >= 11 is 0. The highest BCUT2D eigenvalue weighted by Crippen LogP contribution is 2.24. The second-order valence-corrected chi connectivity index (χ2v) is 6.29. The van der Waals surface area contributed by atoms with Crippen LogP contribution in [0.1, 0.15) is 65.7 Å². The quantitative estimate of drug-likeness (QED) is 0.581. The molecule has 1 rings (SSSR count). The number of hydrogen-bond acceptors (Lipinski definition) is 3. The van der Waals surface area contributed by atoms with E-state index >= 15 is 0 Å². The third kappa shape index (κ3) is 7.54. The first-order valence-electron chi connectivity index (χ1n) is 7.86. The van der Waals surface area contributed by atoms with E-state index in [0.29, 0.717) is 12.0 Å². The summed E-state index contributed by atoms with van der Waals surface area (Å²) in [5, 5.41) is 12.7. The topological polar surface area (TPSA) is 45.0 Å². The minimum Gasteiger partial charge on any atom is -0.381 e. The van der Waals surface area contributed by atoms with Crippen molar-refractivity contribution in [3.63, 3.8) is 0 Å². The highest BCUT2D eigenvalue weighted by molar-refractivity contribution is 5.06. The third-order valence-electron chi connectivity index (χ3n) is 3.75. The van der Waals surface area contributed by atoms with Crippen LogP contribution in [0.15, 0.2) is 0 Å². The Kier molecular flexibility index (Phi) is 7.41. The molecule has 1 N–H and O–H groups in total. The van der Waals surface area contributed by atoms with Crippen LogP contribution in [-0.2, 0) is 4.74 Å². The SMILES string of the molecule is CCCC(C)COCCCCC(C)(C#N)NC1CC1. The largest absolute Gasteiger partial charge is 0.381 e. The summed E-state index contributed by atoms with van der Waals surface area (Å²) in [5.74, 6) is 0.672. The maximum Gasteiger partial charge on any atom is 0.104 e. The first-order chi connectivity index (χ1) is 9.09. The van der Waals surface area contributed by atoms with E-state index in [1.165, 1.54) is 25.7 Å². The van der Waals surface area contributed by atoms with E-state index in [9.17, 15) is 5.26 Å². The Hall–Kier alpha value is -0.590. The number of nitrogens with one attached hydrogen (secondary N) is 1. The Labute approximate surface area is 118 Å². The van der Waals surface area contributed by atoms with E-state index in [1.54, 1.807) is 0 Å². The van der Waals surface area contributed by atoms with Crippen molar-refractivity contribution in [2.75, 3.05) is 13.2 Å². The van der Waals surface area contributed by atoms with Crippen molar-refractivity contribution in [1.82, 2.24) is 5.32 Å². The molecular formula is C16H30N2O. The van der Waals surface area contributed by atoms with Crippen molar-refractivity contribution in [3.05, 3.63) is 0 Å². The predicted octanol–water partition coefficient (Wildman–Crippen LogP) is 3.64. The molecule has 0 aromatic carbocycles. The number of rotatable bonds is 11. The lowest BCUT2D eigenvalue weighted by Crippen LogP contribution is -2.42. The molecule has 0 radical (unpaired) electrons. The number of nitriles is 1. The van der Waals surface area contributed by atoms with Gasteiger partial charge in [0.25, 0.3) is 0 Å². The molecule has 1 saturated carbocycles. The van der Waals surface area contributed by atoms with E-state index in [2.05, 4.69) is 25.2 Å². The van der Waals surface area contributed by atoms with Crippen LogP contribution in [-0.4, -0.2) is 24.8 Å². The van der Waals surface area contributed by atoms with Gasteiger partial charge >= 0.3 is 0 Å². The van der Waals surface area contributed by atoms with E-state index in [0.717, 1.165) is 32.5 Å². The number of hydrogen-bond donors (Lipinski definition) is 1. The maximum atomic E-state index is 9.25. The van der Waals surface area contributed by atoms with Crippen molar-refractivity contribution >= 4 is 0 Å². The monoisotopic (exact) mass is 266 g/mol. The van der Waals surface area contributed by atoms with Gasteiger partial charge in [0, 0.05) is 19.3 Å². The van der Waals surface area contributed by atoms with E-state index in [4.69, 9.17) is 4.74 Å². The van der Waals surface area contributed by atoms with Crippen molar-refractivity contribution in [2.24, 2.45) is 5.92 Å². The predicted molar refractivity (Wildman–Crippen MR) is 78.9 cm³/mol. The van der Waals surface area contributed by atoms with Gasteiger partial charge in [-0.1, -0.05) is 20.3 Å². The Morgan fingerprint density at radius 1 is 1.42 bits per heavy atom. The standard InChI is InChI=1S/C16H30N2O/c1-4-7-14(2)12-19-11-6-5-10-16(3,13-17)18-15-8-9-15/h14-15,18H,4-12H2,1-3H3.